The van der Waals surface area contributed by atoms with E-state index in [0.29, 0.717) is 11.4 Å². The number of benzene rings is 2. The summed E-state index contributed by atoms with van der Waals surface area (Å²) in [4.78, 5) is 28.0. The Labute approximate surface area is 156 Å². The van der Waals surface area contributed by atoms with Gasteiger partial charge in [-0.15, -0.1) is 11.8 Å². The van der Waals surface area contributed by atoms with Gasteiger partial charge in [0.15, 0.2) is 0 Å². The van der Waals surface area contributed by atoms with Crippen molar-refractivity contribution in [2.24, 2.45) is 0 Å². The van der Waals surface area contributed by atoms with E-state index in [0.717, 1.165) is 16.0 Å². The molecule has 2 aromatic rings. The summed E-state index contributed by atoms with van der Waals surface area (Å²) in [6.07, 6.45) is 2.48. The van der Waals surface area contributed by atoms with Gasteiger partial charge in [0.25, 0.3) is 5.91 Å². The van der Waals surface area contributed by atoms with Crippen molar-refractivity contribution in [2.75, 3.05) is 6.26 Å². The van der Waals surface area contributed by atoms with Gasteiger partial charge in [0.2, 0.25) is 0 Å². The molecule has 3 rings (SSSR count). The molecule has 0 aromatic heterocycles. The lowest BCUT2D eigenvalue weighted by Gasteiger charge is -2.26. The summed E-state index contributed by atoms with van der Waals surface area (Å²) >= 11 is 7.60. The minimum absolute atomic E-state index is 0.226. The molecule has 0 bridgehead atoms. The molecule has 0 saturated carbocycles. The quantitative estimate of drug-likeness (QED) is 0.622. The molecule has 6 heteroatoms. The van der Waals surface area contributed by atoms with Crippen LogP contribution in [0.15, 0.2) is 53.4 Å². The molecule has 1 heterocycles. The lowest BCUT2D eigenvalue weighted by Crippen LogP contribution is -2.43. The van der Waals surface area contributed by atoms with Crippen molar-refractivity contribution in [1.29, 1.82) is 0 Å². The van der Waals surface area contributed by atoms with Crippen LogP contribution in [-0.4, -0.2) is 23.1 Å². The highest BCUT2D eigenvalue weighted by atomic mass is 35.5. The smallest absolute Gasteiger partial charge is 0.319 e. The summed E-state index contributed by atoms with van der Waals surface area (Å²) in [7, 11) is 0. The van der Waals surface area contributed by atoms with E-state index in [2.05, 4.69) is 5.32 Å². The van der Waals surface area contributed by atoms with Gasteiger partial charge in [-0.3, -0.25) is 9.69 Å². The Balaban J connectivity index is 1.88. The van der Waals surface area contributed by atoms with Crippen LogP contribution in [0.1, 0.15) is 24.5 Å². The molecule has 1 N–H and O–H groups in total. The third-order valence-electron chi connectivity index (χ3n) is 4.54. The summed E-state index contributed by atoms with van der Waals surface area (Å²) in [5.41, 5.74) is 0.642. The summed E-state index contributed by atoms with van der Waals surface area (Å²) in [6, 6.07) is 14.6. The van der Waals surface area contributed by atoms with E-state index >= 15 is 0 Å². The average Bonchev–Trinajstić information content (AvgIpc) is 2.88. The first-order valence-electron chi connectivity index (χ1n) is 8.03. The zero-order valence-electron chi connectivity index (χ0n) is 14.1. The SMILES string of the molecule is CC[C@]1(c2ccc(Cl)cc2)NC(=O)N(Cc2ccc(SC)cc2)C1=O. The fourth-order valence-electron chi connectivity index (χ4n) is 3.06. The fraction of sp³-hybridized carbons (Fsp3) is 0.263. The number of hydrogen-bond donors (Lipinski definition) is 1. The highest BCUT2D eigenvalue weighted by Crippen LogP contribution is 2.33. The molecule has 1 fully saturated rings. The van der Waals surface area contributed by atoms with Crippen LogP contribution in [-0.2, 0) is 16.9 Å². The number of imide groups is 1. The first-order chi connectivity index (χ1) is 12.0. The average molecular weight is 375 g/mol. The fourth-order valence-corrected chi connectivity index (χ4v) is 3.59. The summed E-state index contributed by atoms with van der Waals surface area (Å²) in [6.45, 7) is 2.15. The van der Waals surface area contributed by atoms with Gasteiger partial charge in [0.1, 0.15) is 5.54 Å². The summed E-state index contributed by atoms with van der Waals surface area (Å²) in [5.74, 6) is -0.226. The van der Waals surface area contributed by atoms with Crippen molar-refractivity contribution >= 4 is 35.3 Å². The molecular formula is C19H19ClN2O2S. The molecule has 0 aliphatic carbocycles. The lowest BCUT2D eigenvalue weighted by molar-refractivity contribution is -0.132. The lowest BCUT2D eigenvalue weighted by atomic mass is 9.87. The van der Waals surface area contributed by atoms with E-state index in [-0.39, 0.29) is 18.5 Å². The Kier molecular flexibility index (Phi) is 5.06. The standard InChI is InChI=1S/C19H19ClN2O2S/c1-3-19(14-6-8-15(20)9-7-14)17(23)22(18(24)21-19)12-13-4-10-16(25-2)11-5-13/h4-11H,3,12H2,1-2H3,(H,21,24)/t19-/m1/s1. The molecule has 0 radical (unpaired) electrons. The Morgan fingerprint density at radius 2 is 1.72 bits per heavy atom. The Hall–Kier alpha value is -1.98. The molecule has 4 nitrogen and oxygen atoms in total. The molecule has 1 saturated heterocycles. The molecule has 3 amide bonds. The van der Waals surface area contributed by atoms with Crippen LogP contribution in [0.3, 0.4) is 0 Å². The second kappa shape index (κ2) is 7.10. The molecule has 0 unspecified atom stereocenters. The first kappa shape index (κ1) is 17.8. The van der Waals surface area contributed by atoms with Crippen molar-refractivity contribution in [2.45, 2.75) is 30.3 Å². The van der Waals surface area contributed by atoms with E-state index in [1.54, 1.807) is 36.0 Å². The van der Waals surface area contributed by atoms with E-state index in [1.807, 2.05) is 37.4 Å². The number of urea groups is 1. The van der Waals surface area contributed by atoms with Crippen LogP contribution in [0, 0.1) is 0 Å². The maximum atomic E-state index is 13.1. The Morgan fingerprint density at radius 1 is 1.08 bits per heavy atom. The van der Waals surface area contributed by atoms with Gasteiger partial charge >= 0.3 is 6.03 Å². The number of nitrogens with zero attached hydrogens (tertiary/aromatic N) is 1. The Bertz CT molecular complexity index is 792. The first-order valence-corrected chi connectivity index (χ1v) is 9.63. The van der Waals surface area contributed by atoms with Crippen LogP contribution < -0.4 is 5.32 Å². The van der Waals surface area contributed by atoms with E-state index in [9.17, 15) is 9.59 Å². The van der Waals surface area contributed by atoms with Crippen LogP contribution in [0.4, 0.5) is 4.79 Å². The number of carbonyl (C=O) groups is 2. The number of rotatable bonds is 5. The van der Waals surface area contributed by atoms with Crippen LogP contribution in [0.5, 0.6) is 0 Å². The molecule has 130 valence electrons. The second-order valence-corrected chi connectivity index (χ2v) is 7.25. The van der Waals surface area contributed by atoms with Crippen LogP contribution in [0.25, 0.3) is 0 Å². The third-order valence-corrected chi connectivity index (χ3v) is 5.54. The summed E-state index contributed by atoms with van der Waals surface area (Å²) < 4.78 is 0. The number of halogens is 1. The maximum Gasteiger partial charge on any atom is 0.325 e. The predicted molar refractivity (Wildman–Crippen MR) is 101 cm³/mol. The monoisotopic (exact) mass is 374 g/mol. The van der Waals surface area contributed by atoms with Crippen LogP contribution >= 0.6 is 23.4 Å². The molecule has 2 aromatic carbocycles. The minimum Gasteiger partial charge on any atom is -0.319 e. The maximum absolute atomic E-state index is 13.1. The minimum atomic E-state index is -1.03. The number of carbonyl (C=O) groups excluding carboxylic acids is 2. The van der Waals surface area contributed by atoms with Crippen molar-refractivity contribution in [1.82, 2.24) is 10.2 Å². The van der Waals surface area contributed by atoms with E-state index < -0.39 is 5.54 Å². The van der Waals surface area contributed by atoms with E-state index in [1.165, 1.54) is 4.90 Å². The largest absolute Gasteiger partial charge is 0.325 e. The molecule has 25 heavy (non-hydrogen) atoms. The second-order valence-electron chi connectivity index (χ2n) is 5.94. The molecule has 1 atom stereocenters. The number of hydrogen-bond acceptors (Lipinski definition) is 3. The zero-order chi connectivity index (χ0) is 18.0. The third kappa shape index (κ3) is 3.26. The number of nitrogens with one attached hydrogen (secondary N) is 1. The predicted octanol–water partition coefficient (Wildman–Crippen LogP) is 4.42. The summed E-state index contributed by atoms with van der Waals surface area (Å²) in [5, 5.41) is 3.48. The van der Waals surface area contributed by atoms with E-state index in [4.69, 9.17) is 11.6 Å². The highest BCUT2D eigenvalue weighted by molar-refractivity contribution is 7.98. The highest BCUT2D eigenvalue weighted by Gasteiger charge is 2.51. The Morgan fingerprint density at radius 3 is 2.28 bits per heavy atom. The number of amides is 3. The van der Waals surface area contributed by atoms with Gasteiger partial charge in [-0.25, -0.2) is 4.79 Å². The number of thioether (sulfide) groups is 1. The molecular weight excluding hydrogens is 356 g/mol. The topological polar surface area (TPSA) is 49.4 Å². The van der Waals surface area contributed by atoms with Crippen molar-refractivity contribution in [3.05, 3.63) is 64.7 Å². The van der Waals surface area contributed by atoms with Crippen LogP contribution in [0.2, 0.25) is 5.02 Å². The molecule has 0 spiro atoms. The zero-order valence-corrected chi connectivity index (χ0v) is 15.7. The van der Waals surface area contributed by atoms with Gasteiger partial charge in [0, 0.05) is 9.92 Å². The molecule has 1 aliphatic heterocycles. The van der Waals surface area contributed by atoms with Crippen molar-refractivity contribution < 1.29 is 9.59 Å². The normalized spacial score (nSPS) is 20.0. The molecule has 1 aliphatic rings. The van der Waals surface area contributed by atoms with Gasteiger partial charge in [-0.1, -0.05) is 42.8 Å². The van der Waals surface area contributed by atoms with Gasteiger partial charge in [-0.05, 0) is 48.1 Å². The van der Waals surface area contributed by atoms with Gasteiger partial charge < -0.3 is 5.32 Å². The van der Waals surface area contributed by atoms with Crippen molar-refractivity contribution in [3.63, 3.8) is 0 Å². The van der Waals surface area contributed by atoms with Gasteiger partial charge in [0.05, 0.1) is 6.54 Å². The van der Waals surface area contributed by atoms with Gasteiger partial charge in [-0.2, -0.15) is 0 Å². The van der Waals surface area contributed by atoms with Crippen molar-refractivity contribution in [3.8, 4) is 0 Å².